The first kappa shape index (κ1) is 17.9. The molecule has 6 nitrogen and oxygen atoms in total. The van der Waals surface area contributed by atoms with Gasteiger partial charge in [-0.1, -0.05) is 29.8 Å². The third-order valence-corrected chi connectivity index (χ3v) is 4.49. The van der Waals surface area contributed by atoms with Crippen LogP contribution in [0.3, 0.4) is 0 Å². The Morgan fingerprint density at radius 2 is 1.73 bits per heavy atom. The summed E-state index contributed by atoms with van der Waals surface area (Å²) in [6.07, 6.45) is 2.27. The Balaban J connectivity index is 0.000000613. The molecule has 0 saturated carbocycles. The summed E-state index contributed by atoms with van der Waals surface area (Å²) in [6.45, 7) is 1.64. The second-order valence-electron chi connectivity index (χ2n) is 5.85. The van der Waals surface area contributed by atoms with Gasteiger partial charge in [0.2, 0.25) is 0 Å². The highest BCUT2D eigenvalue weighted by atomic mass is 35.5. The summed E-state index contributed by atoms with van der Waals surface area (Å²) in [5.41, 5.74) is 1.32. The van der Waals surface area contributed by atoms with Crippen molar-refractivity contribution in [3.63, 3.8) is 0 Å². The lowest BCUT2D eigenvalue weighted by molar-refractivity contribution is -0.122. The molecule has 134 valence electrons. The van der Waals surface area contributed by atoms with E-state index in [1.54, 1.807) is 4.57 Å². The molecule has 0 aliphatic carbocycles. The molecular weight excluding hydrogens is 354 g/mol. The molecule has 26 heavy (non-hydrogen) atoms. The number of carbonyl (C=O) groups is 1. The Hall–Kier alpha value is -2.86. The third-order valence-electron chi connectivity index (χ3n) is 4.25. The van der Waals surface area contributed by atoms with E-state index in [1.165, 1.54) is 0 Å². The maximum Gasteiger partial charge on any atom is 0.354 e. The van der Waals surface area contributed by atoms with E-state index in [9.17, 15) is 4.79 Å². The Labute approximate surface area is 155 Å². The van der Waals surface area contributed by atoms with E-state index in [1.807, 2.05) is 48.5 Å². The van der Waals surface area contributed by atoms with Gasteiger partial charge < -0.3 is 10.0 Å². The van der Waals surface area contributed by atoms with Crippen LogP contribution >= 0.6 is 11.6 Å². The van der Waals surface area contributed by atoms with Crippen LogP contribution in [0.4, 0.5) is 5.82 Å². The summed E-state index contributed by atoms with van der Waals surface area (Å²) in [4.78, 5) is 27.6. The number of para-hydroxylation sites is 1. The number of benzene rings is 2. The molecule has 2 heterocycles. The molecule has 1 N–H and O–H groups in total. The van der Waals surface area contributed by atoms with Crippen LogP contribution in [0.1, 0.15) is 12.8 Å². The lowest BCUT2D eigenvalue weighted by Crippen LogP contribution is -2.28. The summed E-state index contributed by atoms with van der Waals surface area (Å²) < 4.78 is 1.63. The summed E-state index contributed by atoms with van der Waals surface area (Å²) >= 11 is 6.19. The van der Waals surface area contributed by atoms with Crippen LogP contribution in [0.5, 0.6) is 0 Å². The van der Waals surface area contributed by atoms with Crippen molar-refractivity contribution in [1.29, 1.82) is 0 Å². The highest BCUT2D eigenvalue weighted by molar-refractivity contribution is 6.31. The standard InChI is InChI=1S/C18H16ClN3O.CH2O2/c19-13-8-9-15-16(12-13)22(14-6-2-1-3-7-14)18(23)20-17(15)21-10-4-5-11-21;2-1-3/h1-3,6-9,12H,4-5,10-11H2;1H,(H,2,3). The van der Waals surface area contributed by atoms with Gasteiger partial charge in [-0.05, 0) is 43.2 Å². The Kier molecular flexibility index (Phi) is 5.53. The van der Waals surface area contributed by atoms with Crippen molar-refractivity contribution < 1.29 is 9.90 Å². The number of anilines is 1. The first-order chi connectivity index (χ1) is 12.7. The van der Waals surface area contributed by atoms with Gasteiger partial charge in [-0.25, -0.2) is 4.79 Å². The molecule has 7 heteroatoms. The maximum absolute atomic E-state index is 12.7. The van der Waals surface area contributed by atoms with Gasteiger partial charge >= 0.3 is 5.69 Å². The number of carboxylic acid groups (broad SMARTS) is 1. The largest absolute Gasteiger partial charge is 0.483 e. The fraction of sp³-hybridized carbons (Fsp3) is 0.211. The fourth-order valence-corrected chi connectivity index (χ4v) is 3.35. The van der Waals surface area contributed by atoms with Crippen LogP contribution in [0.2, 0.25) is 5.02 Å². The van der Waals surface area contributed by atoms with E-state index in [4.69, 9.17) is 21.5 Å². The fourth-order valence-electron chi connectivity index (χ4n) is 3.18. The van der Waals surface area contributed by atoms with Crippen molar-refractivity contribution >= 4 is 34.8 Å². The number of aromatic nitrogens is 2. The second-order valence-corrected chi connectivity index (χ2v) is 6.29. The molecule has 1 aliphatic rings. The molecule has 3 aromatic rings. The van der Waals surface area contributed by atoms with Gasteiger partial charge in [0.1, 0.15) is 5.82 Å². The predicted molar refractivity (Wildman–Crippen MR) is 102 cm³/mol. The van der Waals surface area contributed by atoms with E-state index in [0.29, 0.717) is 5.02 Å². The number of hydrogen-bond acceptors (Lipinski definition) is 4. The van der Waals surface area contributed by atoms with Gasteiger partial charge in [0.05, 0.1) is 11.2 Å². The lowest BCUT2D eigenvalue weighted by Gasteiger charge is -2.20. The minimum atomic E-state index is -0.270. The van der Waals surface area contributed by atoms with Crippen molar-refractivity contribution in [3.05, 3.63) is 64.0 Å². The monoisotopic (exact) mass is 371 g/mol. The van der Waals surface area contributed by atoms with Crippen molar-refractivity contribution in [2.24, 2.45) is 0 Å². The van der Waals surface area contributed by atoms with Gasteiger partial charge in [0, 0.05) is 23.5 Å². The molecular formula is C19H18ClN3O3. The van der Waals surface area contributed by atoms with Gasteiger partial charge in [0.15, 0.2) is 0 Å². The molecule has 0 radical (unpaired) electrons. The quantitative estimate of drug-likeness (QED) is 0.699. The Morgan fingerprint density at radius 1 is 1.08 bits per heavy atom. The van der Waals surface area contributed by atoms with Gasteiger partial charge in [-0.15, -0.1) is 0 Å². The van der Waals surface area contributed by atoms with Gasteiger partial charge in [-0.2, -0.15) is 4.98 Å². The third kappa shape index (κ3) is 3.55. The topological polar surface area (TPSA) is 75.4 Å². The zero-order valence-electron chi connectivity index (χ0n) is 14.0. The number of fused-ring (bicyclic) bond motifs is 1. The van der Waals surface area contributed by atoms with Gasteiger partial charge in [0.25, 0.3) is 6.47 Å². The molecule has 0 spiro atoms. The number of hydrogen-bond donors (Lipinski definition) is 1. The van der Waals surface area contributed by atoms with Crippen molar-refractivity contribution in [2.75, 3.05) is 18.0 Å². The zero-order chi connectivity index (χ0) is 18.5. The normalized spacial score (nSPS) is 13.3. The molecule has 0 unspecified atom stereocenters. The van der Waals surface area contributed by atoms with E-state index in [2.05, 4.69) is 9.88 Å². The minimum Gasteiger partial charge on any atom is -0.483 e. The summed E-state index contributed by atoms with van der Waals surface area (Å²) in [6, 6.07) is 15.2. The Bertz CT molecular complexity index is 967. The average Bonchev–Trinajstić information content (AvgIpc) is 3.17. The molecule has 1 fully saturated rings. The van der Waals surface area contributed by atoms with E-state index < -0.39 is 0 Å². The Morgan fingerprint density at radius 3 is 2.38 bits per heavy atom. The summed E-state index contributed by atoms with van der Waals surface area (Å²) in [7, 11) is 0. The SMILES string of the molecule is O=CO.O=c1nc(N2CCCC2)c2ccc(Cl)cc2n1-c1ccccc1. The van der Waals surface area contributed by atoms with E-state index >= 15 is 0 Å². The summed E-state index contributed by atoms with van der Waals surface area (Å²) in [5.74, 6) is 0.770. The molecule has 0 amide bonds. The smallest absolute Gasteiger partial charge is 0.354 e. The van der Waals surface area contributed by atoms with Gasteiger partial charge in [-0.3, -0.25) is 9.36 Å². The predicted octanol–water partition coefficient (Wildman–Crippen LogP) is 3.34. The van der Waals surface area contributed by atoms with Crippen molar-refractivity contribution in [3.8, 4) is 5.69 Å². The molecule has 4 rings (SSSR count). The number of halogens is 1. The molecule has 1 aliphatic heterocycles. The average molecular weight is 372 g/mol. The molecule has 2 aromatic carbocycles. The maximum atomic E-state index is 12.7. The van der Waals surface area contributed by atoms with E-state index in [0.717, 1.165) is 48.3 Å². The molecule has 1 aromatic heterocycles. The zero-order valence-corrected chi connectivity index (χ0v) is 14.8. The van der Waals surface area contributed by atoms with Crippen molar-refractivity contribution in [1.82, 2.24) is 9.55 Å². The van der Waals surface area contributed by atoms with Crippen LogP contribution < -0.4 is 10.6 Å². The second kappa shape index (κ2) is 8.01. The first-order valence-electron chi connectivity index (χ1n) is 8.26. The molecule has 0 atom stereocenters. The first-order valence-corrected chi connectivity index (χ1v) is 8.64. The van der Waals surface area contributed by atoms with Crippen LogP contribution in [0.25, 0.3) is 16.6 Å². The van der Waals surface area contributed by atoms with Crippen LogP contribution in [-0.4, -0.2) is 34.2 Å². The van der Waals surface area contributed by atoms with Crippen LogP contribution in [-0.2, 0) is 4.79 Å². The lowest BCUT2D eigenvalue weighted by atomic mass is 10.2. The van der Waals surface area contributed by atoms with E-state index in [-0.39, 0.29) is 12.2 Å². The number of nitrogens with zero attached hydrogens (tertiary/aromatic N) is 3. The van der Waals surface area contributed by atoms with Crippen LogP contribution in [0, 0.1) is 0 Å². The minimum absolute atomic E-state index is 0.250. The van der Waals surface area contributed by atoms with Crippen LogP contribution in [0.15, 0.2) is 53.3 Å². The summed E-state index contributed by atoms with van der Waals surface area (Å²) in [5, 5.41) is 8.46. The molecule has 1 saturated heterocycles. The highest BCUT2D eigenvalue weighted by Crippen LogP contribution is 2.29. The number of rotatable bonds is 2. The molecule has 0 bridgehead atoms. The van der Waals surface area contributed by atoms with Crippen molar-refractivity contribution in [2.45, 2.75) is 12.8 Å². The highest BCUT2D eigenvalue weighted by Gasteiger charge is 2.19.